The summed E-state index contributed by atoms with van der Waals surface area (Å²) in [6.45, 7) is 6.40. The molecular formula is C17H25F3N2O4. The molecule has 0 saturated carbocycles. The SMILES string of the molecule is CCCCN1C(=O)[C@@](NC(=O)CC(C)C)(C(F)(F)F)C(C(=O)OC)=C1C. The molecule has 0 aliphatic carbocycles. The minimum absolute atomic E-state index is 0.0134. The van der Waals surface area contributed by atoms with Crippen molar-refractivity contribution in [1.29, 1.82) is 0 Å². The van der Waals surface area contributed by atoms with Crippen LogP contribution < -0.4 is 5.32 Å². The molecule has 0 unspecified atom stereocenters. The predicted octanol–water partition coefficient (Wildman–Crippen LogP) is 2.54. The largest absolute Gasteiger partial charge is 0.466 e. The molecular weight excluding hydrogens is 353 g/mol. The molecule has 0 saturated heterocycles. The number of nitrogens with one attached hydrogen (secondary N) is 1. The highest BCUT2D eigenvalue weighted by Gasteiger charge is 2.70. The third kappa shape index (κ3) is 3.86. The second kappa shape index (κ2) is 8.09. The molecule has 26 heavy (non-hydrogen) atoms. The molecule has 0 radical (unpaired) electrons. The van der Waals surface area contributed by atoms with Gasteiger partial charge in [0.15, 0.2) is 0 Å². The smallest absolute Gasteiger partial charge is 0.425 e. The monoisotopic (exact) mass is 378 g/mol. The molecule has 1 rings (SSSR count). The van der Waals surface area contributed by atoms with Crippen molar-refractivity contribution >= 4 is 17.8 Å². The van der Waals surface area contributed by atoms with Crippen molar-refractivity contribution in [2.45, 2.75) is 58.7 Å². The first-order valence-electron chi connectivity index (χ1n) is 8.43. The first-order chi connectivity index (χ1) is 11.9. The summed E-state index contributed by atoms with van der Waals surface area (Å²) in [7, 11) is 0.929. The van der Waals surface area contributed by atoms with Gasteiger partial charge in [-0.05, 0) is 19.3 Å². The average molecular weight is 378 g/mol. The number of alkyl halides is 3. The molecule has 2 amide bonds. The topological polar surface area (TPSA) is 75.7 Å². The maximum Gasteiger partial charge on any atom is 0.425 e. The Morgan fingerprint density at radius 1 is 1.31 bits per heavy atom. The van der Waals surface area contributed by atoms with E-state index in [1.165, 1.54) is 6.92 Å². The summed E-state index contributed by atoms with van der Waals surface area (Å²) < 4.78 is 46.7. The summed E-state index contributed by atoms with van der Waals surface area (Å²) in [6.07, 6.45) is -4.33. The fourth-order valence-electron chi connectivity index (χ4n) is 2.94. The highest BCUT2D eigenvalue weighted by molar-refractivity contribution is 6.10. The number of carbonyl (C=O) groups excluding carboxylic acids is 3. The number of nitrogens with zero attached hydrogens (tertiary/aromatic N) is 1. The maximum absolute atomic E-state index is 14.1. The van der Waals surface area contributed by atoms with E-state index in [1.807, 2.05) is 6.92 Å². The van der Waals surface area contributed by atoms with Crippen molar-refractivity contribution in [2.75, 3.05) is 13.7 Å². The number of halogens is 3. The third-order valence-electron chi connectivity index (χ3n) is 4.18. The highest BCUT2D eigenvalue weighted by Crippen LogP contribution is 2.45. The van der Waals surface area contributed by atoms with Crippen LogP contribution in [0.25, 0.3) is 0 Å². The molecule has 1 heterocycles. The number of amides is 2. The molecule has 6 nitrogen and oxygen atoms in total. The minimum atomic E-state index is -5.21. The average Bonchev–Trinajstić information content (AvgIpc) is 2.72. The second-order valence-corrected chi connectivity index (χ2v) is 6.66. The van der Waals surface area contributed by atoms with Gasteiger partial charge in [-0.1, -0.05) is 27.2 Å². The molecule has 0 bridgehead atoms. The van der Waals surface area contributed by atoms with Crippen LogP contribution >= 0.6 is 0 Å². The van der Waals surface area contributed by atoms with Crippen LogP contribution in [0.1, 0.15) is 47.0 Å². The fraction of sp³-hybridized carbons (Fsp3) is 0.706. The van der Waals surface area contributed by atoms with E-state index in [1.54, 1.807) is 19.2 Å². The summed E-state index contributed by atoms with van der Waals surface area (Å²) in [4.78, 5) is 38.0. The first kappa shape index (κ1) is 22.0. The Labute approximate surface area is 150 Å². The molecule has 148 valence electrons. The number of carbonyl (C=O) groups is 3. The normalized spacial score (nSPS) is 20.8. The number of methoxy groups -OCH3 is 1. The molecule has 0 aromatic rings. The summed E-state index contributed by atoms with van der Waals surface area (Å²) in [5.41, 5.74) is -4.47. The maximum atomic E-state index is 14.1. The number of unbranched alkanes of at least 4 members (excludes halogenated alkanes) is 1. The van der Waals surface area contributed by atoms with Gasteiger partial charge in [0.05, 0.1) is 7.11 Å². The number of ether oxygens (including phenoxy) is 1. The third-order valence-corrected chi connectivity index (χ3v) is 4.18. The van der Waals surface area contributed by atoms with Crippen LogP contribution in [0.4, 0.5) is 13.2 Å². The lowest BCUT2D eigenvalue weighted by molar-refractivity contribution is -0.196. The standard InChI is InChI=1S/C17H25F3N2O4/c1-6-7-8-22-11(4)13(14(24)26-5)16(15(22)25,17(18,19)20)21-12(23)9-10(2)3/h10H,6-9H2,1-5H3,(H,21,23)/t16-/m1/s1. The Hall–Kier alpha value is -2.06. The Morgan fingerprint density at radius 3 is 2.31 bits per heavy atom. The van der Waals surface area contributed by atoms with Gasteiger partial charge in [-0.3, -0.25) is 9.59 Å². The lowest BCUT2D eigenvalue weighted by Gasteiger charge is -2.33. The van der Waals surface area contributed by atoms with Gasteiger partial charge in [-0.2, -0.15) is 13.2 Å². The predicted molar refractivity (Wildman–Crippen MR) is 87.7 cm³/mol. The number of esters is 1. The zero-order valence-electron chi connectivity index (χ0n) is 15.6. The van der Waals surface area contributed by atoms with Crippen LogP contribution in [0.15, 0.2) is 11.3 Å². The van der Waals surface area contributed by atoms with E-state index in [0.29, 0.717) is 12.8 Å². The van der Waals surface area contributed by atoms with Gasteiger partial charge in [-0.15, -0.1) is 0 Å². The van der Waals surface area contributed by atoms with E-state index < -0.39 is 35.1 Å². The van der Waals surface area contributed by atoms with Crippen molar-refractivity contribution < 1.29 is 32.3 Å². The van der Waals surface area contributed by atoms with Crippen molar-refractivity contribution in [3.63, 3.8) is 0 Å². The lowest BCUT2D eigenvalue weighted by Crippen LogP contribution is -2.66. The van der Waals surface area contributed by atoms with Gasteiger partial charge in [0.1, 0.15) is 5.57 Å². The van der Waals surface area contributed by atoms with Gasteiger partial charge >= 0.3 is 12.1 Å². The van der Waals surface area contributed by atoms with Gasteiger partial charge in [0, 0.05) is 18.7 Å². The van der Waals surface area contributed by atoms with Gasteiger partial charge in [0.25, 0.3) is 5.91 Å². The number of allylic oxidation sites excluding steroid dienone is 1. The molecule has 0 spiro atoms. The van der Waals surface area contributed by atoms with Crippen molar-refractivity contribution in [3.05, 3.63) is 11.3 Å². The van der Waals surface area contributed by atoms with Crippen LogP contribution in [0, 0.1) is 5.92 Å². The van der Waals surface area contributed by atoms with Gasteiger partial charge in [0.2, 0.25) is 11.4 Å². The summed E-state index contributed by atoms with van der Waals surface area (Å²) in [5.74, 6) is -3.86. The van der Waals surface area contributed by atoms with Crippen LogP contribution in [-0.4, -0.2) is 48.1 Å². The fourth-order valence-corrected chi connectivity index (χ4v) is 2.94. The van der Waals surface area contributed by atoms with Crippen LogP contribution in [0.3, 0.4) is 0 Å². The van der Waals surface area contributed by atoms with Crippen LogP contribution in [0.5, 0.6) is 0 Å². The highest BCUT2D eigenvalue weighted by atomic mass is 19.4. The molecule has 1 atom stereocenters. The van der Waals surface area contributed by atoms with Crippen molar-refractivity contribution in [1.82, 2.24) is 10.2 Å². The van der Waals surface area contributed by atoms with Crippen molar-refractivity contribution in [3.8, 4) is 0 Å². The zero-order valence-corrected chi connectivity index (χ0v) is 15.6. The van der Waals surface area contributed by atoms with Gasteiger partial charge in [-0.25, -0.2) is 4.79 Å². The van der Waals surface area contributed by atoms with Gasteiger partial charge < -0.3 is 15.0 Å². The van der Waals surface area contributed by atoms with E-state index in [0.717, 1.165) is 12.0 Å². The second-order valence-electron chi connectivity index (χ2n) is 6.66. The number of hydrogen-bond donors (Lipinski definition) is 1. The van der Waals surface area contributed by atoms with E-state index >= 15 is 0 Å². The van der Waals surface area contributed by atoms with Crippen molar-refractivity contribution in [2.24, 2.45) is 5.92 Å². The molecule has 9 heteroatoms. The van der Waals surface area contributed by atoms with Crippen LogP contribution in [-0.2, 0) is 19.1 Å². The molecule has 1 N–H and O–H groups in total. The molecule has 1 aliphatic heterocycles. The Balaban J connectivity index is 3.55. The van der Waals surface area contributed by atoms with E-state index in [-0.39, 0.29) is 24.6 Å². The number of rotatable bonds is 7. The zero-order chi connectivity index (χ0) is 20.3. The Kier molecular flexibility index (Phi) is 6.84. The number of hydrogen-bond acceptors (Lipinski definition) is 4. The quantitative estimate of drug-likeness (QED) is 0.691. The molecule has 0 fully saturated rings. The van der Waals surface area contributed by atoms with E-state index in [2.05, 4.69) is 4.74 Å². The van der Waals surface area contributed by atoms with E-state index in [9.17, 15) is 27.6 Å². The molecule has 0 aromatic heterocycles. The summed E-state index contributed by atoms with van der Waals surface area (Å²) >= 11 is 0. The molecule has 0 aromatic carbocycles. The first-order valence-corrected chi connectivity index (χ1v) is 8.43. The Bertz CT molecular complexity index is 614. The minimum Gasteiger partial charge on any atom is -0.466 e. The summed E-state index contributed by atoms with van der Waals surface area (Å²) in [6, 6.07) is 0. The Morgan fingerprint density at radius 2 is 1.88 bits per heavy atom. The molecule has 1 aliphatic rings. The lowest BCUT2D eigenvalue weighted by atomic mass is 9.88. The van der Waals surface area contributed by atoms with Crippen LogP contribution in [0.2, 0.25) is 0 Å². The van der Waals surface area contributed by atoms with E-state index in [4.69, 9.17) is 0 Å². The summed E-state index contributed by atoms with van der Waals surface area (Å²) in [5, 5.41) is 1.80.